The summed E-state index contributed by atoms with van der Waals surface area (Å²) in [7, 11) is 0. The minimum atomic E-state index is -0.555. The summed E-state index contributed by atoms with van der Waals surface area (Å²) in [5.41, 5.74) is 0. The topological polar surface area (TPSA) is 90.1 Å². The molecule has 1 aliphatic rings. The highest BCUT2D eigenvalue weighted by Crippen LogP contribution is 2.18. The third-order valence-corrected chi connectivity index (χ3v) is 2.35. The predicted molar refractivity (Wildman–Crippen MR) is 54.7 cm³/mol. The van der Waals surface area contributed by atoms with Crippen molar-refractivity contribution in [3.8, 4) is 0 Å². The van der Waals surface area contributed by atoms with Gasteiger partial charge in [0.2, 0.25) is 12.2 Å². The van der Waals surface area contributed by atoms with E-state index in [1.54, 1.807) is 4.57 Å². The fourth-order valence-electron chi connectivity index (χ4n) is 1.32. The maximum absolute atomic E-state index is 11.3. The number of nitrogens with zero attached hydrogens (tertiary/aromatic N) is 3. The van der Waals surface area contributed by atoms with Gasteiger partial charge in [-0.3, -0.25) is 4.79 Å². The van der Waals surface area contributed by atoms with Crippen molar-refractivity contribution in [2.75, 3.05) is 0 Å². The molecule has 1 amide bonds. The SMILES string of the molecule is O=C(CCn1cnc([N+](=O)[O-])c1)NC1CC1. The summed E-state index contributed by atoms with van der Waals surface area (Å²) in [6.07, 6.45) is 5.13. The highest BCUT2D eigenvalue weighted by atomic mass is 16.6. The Morgan fingerprint density at radius 2 is 2.44 bits per heavy atom. The van der Waals surface area contributed by atoms with E-state index < -0.39 is 4.92 Å². The van der Waals surface area contributed by atoms with E-state index in [2.05, 4.69) is 10.3 Å². The van der Waals surface area contributed by atoms with E-state index in [1.807, 2.05) is 0 Å². The molecule has 0 atom stereocenters. The Hall–Kier alpha value is -1.92. The molecule has 1 fully saturated rings. The fraction of sp³-hybridized carbons (Fsp3) is 0.556. The average Bonchev–Trinajstić information content (AvgIpc) is 2.91. The summed E-state index contributed by atoms with van der Waals surface area (Å²) in [5, 5.41) is 13.2. The number of rotatable bonds is 5. The number of amides is 1. The van der Waals surface area contributed by atoms with E-state index in [0.29, 0.717) is 19.0 Å². The van der Waals surface area contributed by atoms with Crippen LogP contribution in [0.1, 0.15) is 19.3 Å². The van der Waals surface area contributed by atoms with Crippen molar-refractivity contribution in [1.29, 1.82) is 0 Å². The van der Waals surface area contributed by atoms with Gasteiger partial charge in [0.15, 0.2) is 0 Å². The van der Waals surface area contributed by atoms with Gasteiger partial charge in [0, 0.05) is 19.0 Å². The standard InChI is InChI=1S/C9H12N4O3/c14-9(11-7-1-2-7)3-4-12-5-8(10-6-12)13(15)16/h5-7H,1-4H2,(H,11,14). The summed E-state index contributed by atoms with van der Waals surface area (Å²) in [6.45, 7) is 0.416. The third-order valence-electron chi connectivity index (χ3n) is 2.35. The zero-order chi connectivity index (χ0) is 11.5. The number of carbonyl (C=O) groups is 1. The van der Waals surface area contributed by atoms with Crippen molar-refractivity contribution in [3.05, 3.63) is 22.6 Å². The smallest absolute Gasteiger partial charge is 0.358 e. The monoisotopic (exact) mass is 224 g/mol. The first kappa shape index (κ1) is 10.6. The second-order valence-electron chi connectivity index (χ2n) is 3.82. The Kier molecular flexibility index (Phi) is 2.84. The molecule has 2 rings (SSSR count). The lowest BCUT2D eigenvalue weighted by Crippen LogP contribution is -2.26. The van der Waals surface area contributed by atoms with Gasteiger partial charge in [-0.2, -0.15) is 0 Å². The minimum Gasteiger partial charge on any atom is -0.358 e. The van der Waals surface area contributed by atoms with E-state index in [1.165, 1.54) is 12.5 Å². The summed E-state index contributed by atoms with van der Waals surface area (Å²) < 4.78 is 1.55. The Labute approximate surface area is 91.6 Å². The van der Waals surface area contributed by atoms with Crippen LogP contribution >= 0.6 is 0 Å². The molecule has 1 N–H and O–H groups in total. The molecule has 0 spiro atoms. The second-order valence-corrected chi connectivity index (χ2v) is 3.82. The lowest BCUT2D eigenvalue weighted by molar-refractivity contribution is -0.389. The number of aromatic nitrogens is 2. The Balaban J connectivity index is 1.79. The zero-order valence-corrected chi connectivity index (χ0v) is 8.63. The van der Waals surface area contributed by atoms with Crippen LogP contribution in [-0.4, -0.2) is 26.4 Å². The Morgan fingerprint density at radius 1 is 1.69 bits per heavy atom. The number of hydrogen-bond donors (Lipinski definition) is 1. The van der Waals surface area contributed by atoms with Crippen molar-refractivity contribution in [2.24, 2.45) is 0 Å². The second kappa shape index (κ2) is 4.30. The molecule has 1 aliphatic carbocycles. The van der Waals surface area contributed by atoms with Crippen molar-refractivity contribution in [3.63, 3.8) is 0 Å². The van der Waals surface area contributed by atoms with Gasteiger partial charge in [-0.1, -0.05) is 0 Å². The first-order valence-corrected chi connectivity index (χ1v) is 5.10. The number of aryl methyl sites for hydroxylation is 1. The lowest BCUT2D eigenvalue weighted by Gasteiger charge is -2.02. The Bertz CT molecular complexity index is 411. The highest BCUT2D eigenvalue weighted by molar-refractivity contribution is 5.76. The molecule has 1 aromatic rings. The molecule has 0 bridgehead atoms. The van der Waals surface area contributed by atoms with Crippen LogP contribution in [0.25, 0.3) is 0 Å². The fourth-order valence-corrected chi connectivity index (χ4v) is 1.32. The van der Waals surface area contributed by atoms with E-state index in [0.717, 1.165) is 12.8 Å². The molecular weight excluding hydrogens is 212 g/mol. The molecule has 16 heavy (non-hydrogen) atoms. The number of hydrogen-bond acceptors (Lipinski definition) is 4. The normalized spacial score (nSPS) is 14.8. The van der Waals surface area contributed by atoms with Crippen LogP contribution in [0.3, 0.4) is 0 Å². The van der Waals surface area contributed by atoms with Gasteiger partial charge in [-0.15, -0.1) is 0 Å². The molecule has 7 heteroatoms. The van der Waals surface area contributed by atoms with E-state index in [4.69, 9.17) is 0 Å². The molecule has 0 aromatic carbocycles. The molecule has 7 nitrogen and oxygen atoms in total. The third kappa shape index (κ3) is 2.78. The van der Waals surface area contributed by atoms with E-state index in [-0.39, 0.29) is 11.7 Å². The largest absolute Gasteiger partial charge is 0.381 e. The van der Waals surface area contributed by atoms with Crippen molar-refractivity contribution >= 4 is 11.7 Å². The summed E-state index contributed by atoms with van der Waals surface area (Å²) in [6, 6.07) is 0.352. The van der Waals surface area contributed by atoms with Crippen LogP contribution in [0.2, 0.25) is 0 Å². The van der Waals surface area contributed by atoms with Crippen molar-refractivity contribution < 1.29 is 9.72 Å². The summed E-state index contributed by atoms with van der Waals surface area (Å²) >= 11 is 0. The minimum absolute atomic E-state index is 0.0150. The number of nitro groups is 1. The quantitative estimate of drug-likeness (QED) is 0.581. The van der Waals surface area contributed by atoms with Gasteiger partial charge < -0.3 is 20.0 Å². The Morgan fingerprint density at radius 3 is 3.00 bits per heavy atom. The summed E-state index contributed by atoms with van der Waals surface area (Å²) in [5.74, 6) is -0.207. The van der Waals surface area contributed by atoms with E-state index >= 15 is 0 Å². The maximum atomic E-state index is 11.3. The average molecular weight is 224 g/mol. The lowest BCUT2D eigenvalue weighted by atomic mass is 10.4. The molecule has 0 unspecified atom stereocenters. The van der Waals surface area contributed by atoms with Gasteiger partial charge in [-0.05, 0) is 22.7 Å². The summed E-state index contributed by atoms with van der Waals surface area (Å²) in [4.78, 5) is 24.7. The van der Waals surface area contributed by atoms with Gasteiger partial charge in [0.1, 0.15) is 6.20 Å². The first-order chi connectivity index (χ1) is 7.65. The van der Waals surface area contributed by atoms with Crippen molar-refractivity contribution in [2.45, 2.75) is 31.8 Å². The molecule has 1 aromatic heterocycles. The van der Waals surface area contributed by atoms with Crippen LogP contribution in [0.15, 0.2) is 12.5 Å². The molecule has 0 aliphatic heterocycles. The molecule has 86 valence electrons. The van der Waals surface area contributed by atoms with Crippen LogP contribution in [0, 0.1) is 10.1 Å². The van der Waals surface area contributed by atoms with Crippen LogP contribution in [-0.2, 0) is 11.3 Å². The maximum Gasteiger partial charge on any atom is 0.381 e. The molecule has 0 radical (unpaired) electrons. The van der Waals surface area contributed by atoms with Gasteiger partial charge in [0.05, 0.1) is 0 Å². The van der Waals surface area contributed by atoms with Gasteiger partial charge in [0.25, 0.3) is 0 Å². The van der Waals surface area contributed by atoms with Crippen LogP contribution in [0.4, 0.5) is 5.82 Å². The van der Waals surface area contributed by atoms with Crippen LogP contribution < -0.4 is 5.32 Å². The van der Waals surface area contributed by atoms with E-state index in [9.17, 15) is 14.9 Å². The number of carbonyl (C=O) groups excluding carboxylic acids is 1. The zero-order valence-electron chi connectivity index (χ0n) is 8.63. The van der Waals surface area contributed by atoms with Gasteiger partial charge in [-0.25, -0.2) is 0 Å². The highest BCUT2D eigenvalue weighted by Gasteiger charge is 2.22. The molecule has 1 heterocycles. The number of nitrogens with one attached hydrogen (secondary N) is 1. The van der Waals surface area contributed by atoms with Crippen molar-refractivity contribution in [1.82, 2.24) is 14.9 Å². The molecule has 0 saturated heterocycles. The molecular formula is C9H12N4O3. The predicted octanol–water partition coefficient (Wildman–Crippen LogP) is 0.460. The van der Waals surface area contributed by atoms with Gasteiger partial charge >= 0.3 is 5.82 Å². The van der Waals surface area contributed by atoms with Crippen LogP contribution in [0.5, 0.6) is 0 Å². The first-order valence-electron chi connectivity index (χ1n) is 5.10. The number of imidazole rings is 1. The molecule has 1 saturated carbocycles.